The lowest BCUT2D eigenvalue weighted by atomic mass is 9.93. The molecule has 0 aromatic heterocycles. The Balaban J connectivity index is 2.61. The minimum Gasteiger partial charge on any atom is -0.494 e. The number of rotatable bonds is 7. The maximum atomic E-state index is 12.0. The van der Waals surface area contributed by atoms with Crippen LogP contribution < -0.4 is 15.8 Å². The summed E-state index contributed by atoms with van der Waals surface area (Å²) in [4.78, 5) is 12.0. The molecule has 0 unspecified atom stereocenters. The summed E-state index contributed by atoms with van der Waals surface area (Å²) in [5, 5.41) is 2.89. The highest BCUT2D eigenvalue weighted by Gasteiger charge is 2.29. The second-order valence-corrected chi connectivity index (χ2v) is 4.63. The van der Waals surface area contributed by atoms with Crippen molar-refractivity contribution < 1.29 is 9.53 Å². The monoisotopic (exact) mass is 264 g/mol. The first-order chi connectivity index (χ1) is 9.05. The maximum Gasteiger partial charge on any atom is 0.240 e. The number of nitrogens with one attached hydrogen (secondary N) is 1. The van der Waals surface area contributed by atoms with Crippen LogP contribution in [-0.2, 0) is 11.3 Å². The Kier molecular flexibility index (Phi) is 5.83. The highest BCUT2D eigenvalue weighted by molar-refractivity contribution is 5.85. The van der Waals surface area contributed by atoms with E-state index in [2.05, 4.69) is 5.32 Å². The molecule has 0 heterocycles. The summed E-state index contributed by atoms with van der Waals surface area (Å²) in [5.74, 6) is 0.721. The van der Waals surface area contributed by atoms with E-state index in [-0.39, 0.29) is 5.91 Å². The summed E-state index contributed by atoms with van der Waals surface area (Å²) < 4.78 is 5.43. The molecule has 1 rings (SSSR count). The van der Waals surface area contributed by atoms with E-state index < -0.39 is 5.54 Å². The van der Waals surface area contributed by atoms with Gasteiger partial charge in [-0.25, -0.2) is 0 Å². The Morgan fingerprint density at radius 1 is 1.32 bits per heavy atom. The summed E-state index contributed by atoms with van der Waals surface area (Å²) >= 11 is 0. The number of ether oxygens (including phenoxy) is 1. The number of hydrogen-bond acceptors (Lipinski definition) is 3. The molecule has 3 N–H and O–H groups in total. The second kappa shape index (κ2) is 7.14. The zero-order valence-electron chi connectivity index (χ0n) is 12.0. The van der Waals surface area contributed by atoms with E-state index in [1.54, 1.807) is 0 Å². The molecule has 0 aliphatic carbocycles. The van der Waals surface area contributed by atoms with Crippen molar-refractivity contribution in [1.82, 2.24) is 5.32 Å². The van der Waals surface area contributed by atoms with Gasteiger partial charge in [0.15, 0.2) is 0 Å². The minimum absolute atomic E-state index is 0.0979. The van der Waals surface area contributed by atoms with E-state index in [4.69, 9.17) is 10.5 Å². The summed E-state index contributed by atoms with van der Waals surface area (Å²) in [6.07, 6.45) is 1.27. The Morgan fingerprint density at radius 3 is 2.58 bits per heavy atom. The topological polar surface area (TPSA) is 64.3 Å². The first-order valence-corrected chi connectivity index (χ1v) is 6.84. The lowest BCUT2D eigenvalue weighted by Crippen LogP contribution is -2.52. The van der Waals surface area contributed by atoms with Crippen LogP contribution in [0.5, 0.6) is 5.75 Å². The molecule has 0 aliphatic heterocycles. The quantitative estimate of drug-likeness (QED) is 0.793. The van der Waals surface area contributed by atoms with Gasteiger partial charge in [-0.05, 0) is 37.5 Å². The lowest BCUT2D eigenvalue weighted by molar-refractivity contribution is -0.126. The van der Waals surface area contributed by atoms with Crippen LogP contribution in [0.25, 0.3) is 0 Å². The Hall–Kier alpha value is -1.55. The fourth-order valence-corrected chi connectivity index (χ4v) is 1.84. The minimum atomic E-state index is -0.766. The van der Waals surface area contributed by atoms with Gasteiger partial charge in [0.25, 0.3) is 0 Å². The van der Waals surface area contributed by atoms with Crippen LogP contribution in [0, 0.1) is 0 Å². The van der Waals surface area contributed by atoms with Crippen LogP contribution in [0.4, 0.5) is 0 Å². The third kappa shape index (κ3) is 4.24. The van der Waals surface area contributed by atoms with Crippen molar-refractivity contribution >= 4 is 5.91 Å². The molecular weight excluding hydrogens is 240 g/mol. The van der Waals surface area contributed by atoms with Crippen molar-refractivity contribution in [3.05, 3.63) is 29.8 Å². The molecule has 0 saturated carbocycles. The van der Waals surface area contributed by atoms with Gasteiger partial charge in [0, 0.05) is 6.54 Å². The smallest absolute Gasteiger partial charge is 0.240 e. The highest BCUT2D eigenvalue weighted by Crippen LogP contribution is 2.14. The van der Waals surface area contributed by atoms with E-state index >= 15 is 0 Å². The summed E-state index contributed by atoms with van der Waals surface area (Å²) in [7, 11) is 0. The zero-order chi connectivity index (χ0) is 14.3. The highest BCUT2D eigenvalue weighted by atomic mass is 16.5. The van der Waals surface area contributed by atoms with Crippen LogP contribution >= 0.6 is 0 Å². The standard InChI is InChI=1S/C15H24N2O2/c1-4-15(16,5-2)14(18)17-11-12-8-7-9-13(10-12)19-6-3/h7-10H,4-6,11,16H2,1-3H3,(H,17,18). The van der Waals surface area contributed by atoms with Crippen molar-refractivity contribution in [1.29, 1.82) is 0 Å². The van der Waals surface area contributed by atoms with Crippen molar-refractivity contribution in [2.45, 2.75) is 45.7 Å². The maximum absolute atomic E-state index is 12.0. The zero-order valence-corrected chi connectivity index (χ0v) is 12.0. The Morgan fingerprint density at radius 2 is 2.00 bits per heavy atom. The molecule has 0 atom stereocenters. The van der Waals surface area contributed by atoms with E-state index in [0.29, 0.717) is 26.0 Å². The Bertz CT molecular complexity index is 414. The van der Waals surface area contributed by atoms with Crippen LogP contribution in [0.3, 0.4) is 0 Å². The van der Waals surface area contributed by atoms with Gasteiger partial charge in [-0.3, -0.25) is 4.79 Å². The van der Waals surface area contributed by atoms with E-state index in [9.17, 15) is 4.79 Å². The second-order valence-electron chi connectivity index (χ2n) is 4.63. The summed E-state index contributed by atoms with van der Waals surface area (Å²) in [6.45, 7) is 6.91. The molecule has 0 bridgehead atoms. The molecule has 4 nitrogen and oxygen atoms in total. The van der Waals surface area contributed by atoms with Crippen LogP contribution in [0.2, 0.25) is 0 Å². The molecule has 4 heteroatoms. The van der Waals surface area contributed by atoms with Crippen LogP contribution in [-0.4, -0.2) is 18.1 Å². The first-order valence-electron chi connectivity index (χ1n) is 6.84. The molecule has 106 valence electrons. The largest absolute Gasteiger partial charge is 0.494 e. The molecule has 1 aromatic rings. The fourth-order valence-electron chi connectivity index (χ4n) is 1.84. The van der Waals surface area contributed by atoms with Crippen molar-refractivity contribution in [2.75, 3.05) is 6.61 Å². The number of carbonyl (C=O) groups is 1. The van der Waals surface area contributed by atoms with Gasteiger partial charge in [-0.15, -0.1) is 0 Å². The molecule has 0 fully saturated rings. The molecule has 0 aliphatic rings. The lowest BCUT2D eigenvalue weighted by Gasteiger charge is -2.25. The molecule has 0 radical (unpaired) electrons. The number of hydrogen-bond donors (Lipinski definition) is 2. The third-order valence-corrected chi connectivity index (χ3v) is 3.38. The van der Waals surface area contributed by atoms with Gasteiger partial charge in [0.2, 0.25) is 5.91 Å². The summed E-state index contributed by atoms with van der Waals surface area (Å²) in [6, 6.07) is 7.71. The number of carbonyl (C=O) groups excluding carboxylic acids is 1. The first kappa shape index (κ1) is 15.5. The number of amides is 1. The van der Waals surface area contributed by atoms with E-state index in [1.807, 2.05) is 45.0 Å². The molecule has 1 aromatic carbocycles. The van der Waals surface area contributed by atoms with Crippen molar-refractivity contribution in [3.63, 3.8) is 0 Å². The molecule has 1 amide bonds. The molecule has 19 heavy (non-hydrogen) atoms. The van der Waals surface area contributed by atoms with Crippen LogP contribution in [0.1, 0.15) is 39.2 Å². The fraction of sp³-hybridized carbons (Fsp3) is 0.533. The van der Waals surface area contributed by atoms with Gasteiger partial charge in [-0.2, -0.15) is 0 Å². The van der Waals surface area contributed by atoms with Crippen molar-refractivity contribution in [3.8, 4) is 5.75 Å². The molecule has 0 saturated heterocycles. The molecule has 0 spiro atoms. The predicted molar refractivity (Wildman–Crippen MR) is 77.0 cm³/mol. The SMILES string of the molecule is CCOc1cccc(CNC(=O)C(N)(CC)CC)c1. The number of benzene rings is 1. The predicted octanol–water partition coefficient (Wildman–Crippen LogP) is 2.22. The van der Waals surface area contributed by atoms with Gasteiger partial charge < -0.3 is 15.8 Å². The van der Waals surface area contributed by atoms with E-state index in [0.717, 1.165) is 11.3 Å². The van der Waals surface area contributed by atoms with Crippen LogP contribution in [0.15, 0.2) is 24.3 Å². The van der Waals surface area contributed by atoms with Gasteiger partial charge in [-0.1, -0.05) is 26.0 Å². The third-order valence-electron chi connectivity index (χ3n) is 3.38. The van der Waals surface area contributed by atoms with Gasteiger partial charge in [0.1, 0.15) is 5.75 Å². The van der Waals surface area contributed by atoms with Crippen molar-refractivity contribution in [2.24, 2.45) is 5.73 Å². The number of nitrogens with two attached hydrogens (primary N) is 1. The van der Waals surface area contributed by atoms with E-state index in [1.165, 1.54) is 0 Å². The summed E-state index contributed by atoms with van der Waals surface area (Å²) in [5.41, 5.74) is 6.29. The average Bonchev–Trinajstić information content (AvgIpc) is 2.44. The van der Waals surface area contributed by atoms with Gasteiger partial charge >= 0.3 is 0 Å². The normalized spacial score (nSPS) is 11.2. The Labute approximate surface area is 115 Å². The molecular formula is C15H24N2O2. The van der Waals surface area contributed by atoms with Gasteiger partial charge in [0.05, 0.1) is 12.1 Å². The average molecular weight is 264 g/mol.